The number of unbranched alkanes of at least 4 members (excludes halogenated alkanes) is 2. The number of carboxylic acids is 1. The molecule has 1 aliphatic heterocycles. The molecule has 1 aliphatic rings. The summed E-state index contributed by atoms with van der Waals surface area (Å²) in [4.78, 5) is 24.4. The zero-order chi connectivity index (χ0) is 14.1. The number of likely N-dealkylation sites (N-methyl/N-ethyl adjacent to an activating group) is 1. The fourth-order valence-electron chi connectivity index (χ4n) is 2.21. The van der Waals surface area contributed by atoms with E-state index in [-0.39, 0.29) is 18.4 Å². The second-order valence-corrected chi connectivity index (χ2v) is 4.73. The maximum absolute atomic E-state index is 11.9. The van der Waals surface area contributed by atoms with Crippen molar-refractivity contribution >= 4 is 11.9 Å². The highest BCUT2D eigenvalue weighted by molar-refractivity contribution is 5.81. The number of nitrogens with one attached hydrogen (secondary N) is 1. The molecule has 0 bridgehead atoms. The minimum atomic E-state index is -0.744. The number of ether oxygens (including phenoxy) is 1. The molecule has 1 unspecified atom stereocenters. The van der Waals surface area contributed by atoms with Crippen LogP contribution in [-0.2, 0) is 14.3 Å². The zero-order valence-corrected chi connectivity index (χ0v) is 11.6. The van der Waals surface area contributed by atoms with E-state index in [0.29, 0.717) is 26.2 Å². The van der Waals surface area contributed by atoms with Crippen LogP contribution in [0.15, 0.2) is 0 Å². The standard InChI is InChI=1S/C13H24N2O4/c1-2-14-13(18)11-10-19-9-8-15(11)7-5-3-4-6-12(16)17/h11H,2-10H2,1H3,(H,14,18)(H,16,17). The Morgan fingerprint density at radius 2 is 2.16 bits per heavy atom. The van der Waals surface area contributed by atoms with Gasteiger partial charge in [0.25, 0.3) is 0 Å². The summed E-state index contributed by atoms with van der Waals surface area (Å²) in [6, 6.07) is -0.201. The van der Waals surface area contributed by atoms with Crippen molar-refractivity contribution in [2.45, 2.75) is 38.6 Å². The molecular weight excluding hydrogens is 248 g/mol. The summed E-state index contributed by atoms with van der Waals surface area (Å²) in [6.45, 7) is 5.22. The first-order valence-electron chi connectivity index (χ1n) is 6.96. The number of rotatable bonds is 8. The summed E-state index contributed by atoms with van der Waals surface area (Å²) < 4.78 is 5.36. The van der Waals surface area contributed by atoms with Crippen molar-refractivity contribution in [1.29, 1.82) is 0 Å². The molecule has 1 fully saturated rings. The fourth-order valence-corrected chi connectivity index (χ4v) is 2.21. The van der Waals surface area contributed by atoms with Crippen molar-refractivity contribution in [2.24, 2.45) is 0 Å². The molecule has 0 aromatic rings. The van der Waals surface area contributed by atoms with E-state index in [4.69, 9.17) is 9.84 Å². The largest absolute Gasteiger partial charge is 0.481 e. The molecule has 6 heteroatoms. The lowest BCUT2D eigenvalue weighted by molar-refractivity contribution is -0.137. The van der Waals surface area contributed by atoms with E-state index in [1.165, 1.54) is 0 Å². The van der Waals surface area contributed by atoms with E-state index in [9.17, 15) is 9.59 Å². The Morgan fingerprint density at radius 1 is 1.37 bits per heavy atom. The lowest BCUT2D eigenvalue weighted by atomic mass is 10.1. The summed E-state index contributed by atoms with van der Waals surface area (Å²) in [5, 5.41) is 11.4. The minimum Gasteiger partial charge on any atom is -0.481 e. The molecule has 1 rings (SSSR count). The van der Waals surface area contributed by atoms with Gasteiger partial charge in [-0.25, -0.2) is 0 Å². The van der Waals surface area contributed by atoms with Crippen LogP contribution in [0.4, 0.5) is 0 Å². The van der Waals surface area contributed by atoms with Crippen LogP contribution in [0, 0.1) is 0 Å². The molecule has 1 heterocycles. The van der Waals surface area contributed by atoms with Crippen molar-refractivity contribution in [2.75, 3.05) is 32.8 Å². The van der Waals surface area contributed by atoms with Crippen molar-refractivity contribution < 1.29 is 19.4 Å². The van der Waals surface area contributed by atoms with Gasteiger partial charge in [0.2, 0.25) is 5.91 Å². The summed E-state index contributed by atoms with van der Waals surface area (Å²) in [7, 11) is 0. The van der Waals surface area contributed by atoms with Crippen LogP contribution in [-0.4, -0.2) is 60.8 Å². The highest BCUT2D eigenvalue weighted by Crippen LogP contribution is 2.10. The fraction of sp³-hybridized carbons (Fsp3) is 0.846. The van der Waals surface area contributed by atoms with Gasteiger partial charge >= 0.3 is 5.97 Å². The summed E-state index contributed by atoms with van der Waals surface area (Å²) in [6.07, 6.45) is 2.73. The van der Waals surface area contributed by atoms with Gasteiger partial charge in [-0.2, -0.15) is 0 Å². The van der Waals surface area contributed by atoms with Crippen LogP contribution in [0.1, 0.15) is 32.6 Å². The molecule has 0 aromatic heterocycles. The number of carboxylic acid groups (broad SMARTS) is 1. The lowest BCUT2D eigenvalue weighted by Crippen LogP contribution is -2.53. The highest BCUT2D eigenvalue weighted by atomic mass is 16.5. The number of aliphatic carboxylic acids is 1. The molecule has 0 saturated carbocycles. The molecule has 1 atom stereocenters. The van der Waals surface area contributed by atoms with Gasteiger partial charge in [0, 0.05) is 19.5 Å². The molecule has 6 nitrogen and oxygen atoms in total. The zero-order valence-electron chi connectivity index (χ0n) is 11.6. The number of carbonyl (C=O) groups excluding carboxylic acids is 1. The Kier molecular flexibility index (Phi) is 7.43. The SMILES string of the molecule is CCNC(=O)C1COCCN1CCCCCC(=O)O. The van der Waals surface area contributed by atoms with E-state index >= 15 is 0 Å². The van der Waals surface area contributed by atoms with Gasteiger partial charge in [-0.1, -0.05) is 6.42 Å². The predicted molar refractivity (Wildman–Crippen MR) is 71.0 cm³/mol. The second-order valence-electron chi connectivity index (χ2n) is 4.73. The number of carbonyl (C=O) groups is 2. The Labute approximate surface area is 114 Å². The quantitative estimate of drug-likeness (QED) is 0.628. The third-order valence-corrected chi connectivity index (χ3v) is 3.23. The first-order chi connectivity index (χ1) is 9.15. The minimum absolute atomic E-state index is 0.0211. The Balaban J connectivity index is 2.28. The molecule has 19 heavy (non-hydrogen) atoms. The number of hydrogen-bond acceptors (Lipinski definition) is 4. The Bertz CT molecular complexity index is 296. The van der Waals surface area contributed by atoms with Gasteiger partial charge in [-0.3, -0.25) is 14.5 Å². The Hall–Kier alpha value is -1.14. The monoisotopic (exact) mass is 272 g/mol. The highest BCUT2D eigenvalue weighted by Gasteiger charge is 2.28. The van der Waals surface area contributed by atoms with Gasteiger partial charge < -0.3 is 15.2 Å². The number of morpholine rings is 1. The average molecular weight is 272 g/mol. The summed E-state index contributed by atoms with van der Waals surface area (Å²) in [5.41, 5.74) is 0. The van der Waals surface area contributed by atoms with Gasteiger partial charge in [0.15, 0.2) is 0 Å². The van der Waals surface area contributed by atoms with Gasteiger partial charge in [0.1, 0.15) is 6.04 Å². The van der Waals surface area contributed by atoms with E-state index in [2.05, 4.69) is 10.2 Å². The predicted octanol–water partition coefficient (Wildman–Crippen LogP) is 0.468. The van der Waals surface area contributed by atoms with Crippen LogP contribution < -0.4 is 5.32 Å². The molecule has 2 N–H and O–H groups in total. The van der Waals surface area contributed by atoms with Crippen LogP contribution in [0.3, 0.4) is 0 Å². The third kappa shape index (κ3) is 6.02. The van der Waals surface area contributed by atoms with E-state index in [0.717, 1.165) is 25.9 Å². The number of amides is 1. The normalized spacial score (nSPS) is 20.2. The van der Waals surface area contributed by atoms with E-state index in [1.807, 2.05) is 6.92 Å². The van der Waals surface area contributed by atoms with Crippen molar-refractivity contribution in [3.8, 4) is 0 Å². The van der Waals surface area contributed by atoms with Crippen LogP contribution in [0.2, 0.25) is 0 Å². The molecule has 110 valence electrons. The lowest BCUT2D eigenvalue weighted by Gasteiger charge is -2.34. The van der Waals surface area contributed by atoms with E-state index in [1.54, 1.807) is 0 Å². The molecule has 0 aromatic carbocycles. The average Bonchev–Trinajstić information content (AvgIpc) is 2.38. The van der Waals surface area contributed by atoms with Gasteiger partial charge in [0.05, 0.1) is 13.2 Å². The number of hydrogen-bond donors (Lipinski definition) is 2. The molecule has 0 spiro atoms. The molecule has 1 saturated heterocycles. The smallest absolute Gasteiger partial charge is 0.303 e. The van der Waals surface area contributed by atoms with Crippen LogP contribution >= 0.6 is 0 Å². The first kappa shape index (κ1) is 15.9. The third-order valence-electron chi connectivity index (χ3n) is 3.23. The van der Waals surface area contributed by atoms with Crippen molar-refractivity contribution in [3.05, 3.63) is 0 Å². The Morgan fingerprint density at radius 3 is 2.84 bits per heavy atom. The van der Waals surface area contributed by atoms with Gasteiger partial charge in [-0.05, 0) is 26.3 Å². The van der Waals surface area contributed by atoms with E-state index < -0.39 is 5.97 Å². The van der Waals surface area contributed by atoms with Crippen LogP contribution in [0.25, 0.3) is 0 Å². The summed E-state index contributed by atoms with van der Waals surface area (Å²) >= 11 is 0. The molecule has 0 aliphatic carbocycles. The molecule has 0 radical (unpaired) electrons. The van der Waals surface area contributed by atoms with Crippen molar-refractivity contribution in [3.63, 3.8) is 0 Å². The summed E-state index contributed by atoms with van der Waals surface area (Å²) in [5.74, 6) is -0.723. The second kappa shape index (κ2) is 8.87. The first-order valence-corrected chi connectivity index (χ1v) is 6.96. The molecule has 1 amide bonds. The maximum atomic E-state index is 11.9. The maximum Gasteiger partial charge on any atom is 0.303 e. The topological polar surface area (TPSA) is 78.9 Å². The van der Waals surface area contributed by atoms with Crippen molar-refractivity contribution in [1.82, 2.24) is 10.2 Å². The van der Waals surface area contributed by atoms with Gasteiger partial charge in [-0.15, -0.1) is 0 Å². The number of nitrogens with zero attached hydrogens (tertiary/aromatic N) is 1. The van der Waals surface area contributed by atoms with Crippen LogP contribution in [0.5, 0.6) is 0 Å². The molecular formula is C13H24N2O4.